The van der Waals surface area contributed by atoms with Gasteiger partial charge in [-0.2, -0.15) is 0 Å². The second-order valence-corrected chi connectivity index (χ2v) is 6.69. The van der Waals surface area contributed by atoms with Crippen molar-refractivity contribution in [1.29, 1.82) is 0 Å². The molecule has 1 aromatic rings. The molecular weight excluding hydrogens is 304 g/mol. The average Bonchev–Trinajstić information content (AvgIpc) is 2.74. The molecule has 0 bridgehead atoms. The topological polar surface area (TPSA) is 70.6 Å². The molecule has 5 heteroatoms. The molecule has 0 aromatic heterocycles. The Morgan fingerprint density at radius 3 is 2.58 bits per heavy atom. The molecule has 0 saturated carbocycles. The van der Waals surface area contributed by atoms with Gasteiger partial charge in [-0.15, -0.1) is 5.76 Å². The summed E-state index contributed by atoms with van der Waals surface area (Å²) in [5.41, 5.74) is 3.98. The van der Waals surface area contributed by atoms with Gasteiger partial charge < -0.3 is 5.11 Å². The zero-order chi connectivity index (χ0) is 17.5. The van der Waals surface area contributed by atoms with E-state index >= 15 is 0 Å². The van der Waals surface area contributed by atoms with Crippen LogP contribution in [0.25, 0.3) is 0 Å². The minimum absolute atomic E-state index is 0.0499. The number of fused-ring (bicyclic) bond motifs is 1. The van der Waals surface area contributed by atoms with Crippen LogP contribution in [0.1, 0.15) is 25.8 Å². The molecule has 1 atom stereocenters. The van der Waals surface area contributed by atoms with Crippen molar-refractivity contribution < 1.29 is 14.9 Å². The molecule has 1 aliphatic heterocycles. The van der Waals surface area contributed by atoms with Crippen LogP contribution >= 0.6 is 0 Å². The van der Waals surface area contributed by atoms with Crippen molar-refractivity contribution in [3.8, 4) is 0 Å². The summed E-state index contributed by atoms with van der Waals surface area (Å²) in [5.74, 6) is -0.163. The number of quaternary nitrogens is 1. The second-order valence-electron chi connectivity index (χ2n) is 6.69. The summed E-state index contributed by atoms with van der Waals surface area (Å²) >= 11 is 0. The van der Waals surface area contributed by atoms with E-state index in [4.69, 9.17) is 0 Å². The molecule has 5 nitrogen and oxygen atoms in total. The van der Waals surface area contributed by atoms with Crippen molar-refractivity contribution in [2.75, 3.05) is 7.05 Å². The Bertz CT molecular complexity index is 829. The molecule has 1 N–H and O–H groups in total. The van der Waals surface area contributed by atoms with Crippen molar-refractivity contribution in [3.63, 3.8) is 0 Å². The first-order valence-electron chi connectivity index (χ1n) is 7.90. The highest BCUT2D eigenvalue weighted by Gasteiger charge is 2.43. The molecule has 1 unspecified atom stereocenters. The third-order valence-corrected chi connectivity index (χ3v) is 4.88. The molecule has 0 saturated heterocycles. The zero-order valence-electron chi connectivity index (χ0n) is 14.0. The van der Waals surface area contributed by atoms with Gasteiger partial charge in [0.25, 0.3) is 5.70 Å². The van der Waals surface area contributed by atoms with Crippen molar-refractivity contribution in [3.05, 3.63) is 87.0 Å². The first-order valence-corrected chi connectivity index (χ1v) is 7.90. The number of nitrogens with one attached hydrogen (secondary N) is 1. The van der Waals surface area contributed by atoms with E-state index in [0.717, 1.165) is 5.70 Å². The Labute approximate surface area is 141 Å². The number of hydrogen-bond acceptors (Lipinski definition) is 3. The van der Waals surface area contributed by atoms with Gasteiger partial charge >= 0.3 is 0 Å². The van der Waals surface area contributed by atoms with Crippen LogP contribution in [-0.4, -0.2) is 12.0 Å². The molecule has 124 valence electrons. The number of benzene rings is 1. The van der Waals surface area contributed by atoms with Crippen LogP contribution in [0, 0.1) is 10.1 Å². The number of hydrogen-bond donors (Lipinski definition) is 1. The van der Waals surface area contributed by atoms with E-state index in [2.05, 4.69) is 33.0 Å². The summed E-state index contributed by atoms with van der Waals surface area (Å²) in [4.78, 5) is 11.7. The Morgan fingerprint density at radius 1 is 1.21 bits per heavy atom. The van der Waals surface area contributed by atoms with E-state index < -0.39 is 4.92 Å². The molecule has 0 spiro atoms. The lowest BCUT2D eigenvalue weighted by Gasteiger charge is -2.20. The fraction of sp³-hybridized carbons (Fsp3) is 0.263. The molecule has 1 heterocycles. The van der Waals surface area contributed by atoms with E-state index in [1.165, 1.54) is 28.3 Å². The smallest absolute Gasteiger partial charge is 0.250 e. The lowest BCUT2D eigenvalue weighted by Crippen LogP contribution is -3.01. The van der Waals surface area contributed by atoms with Crippen LogP contribution in [0.3, 0.4) is 0 Å². The van der Waals surface area contributed by atoms with Crippen molar-refractivity contribution in [1.82, 2.24) is 0 Å². The van der Waals surface area contributed by atoms with Gasteiger partial charge in [0.15, 0.2) is 0 Å². The molecular formula is C19H20N2O3. The van der Waals surface area contributed by atoms with Crippen molar-refractivity contribution >= 4 is 5.69 Å². The maximum Gasteiger partial charge on any atom is 0.250 e. The Kier molecular flexibility index (Phi) is 3.89. The predicted molar refractivity (Wildman–Crippen MR) is 90.0 cm³/mol. The number of nitrogens with zero attached hydrogens (tertiary/aromatic N) is 1. The van der Waals surface area contributed by atoms with Crippen LogP contribution in [0.15, 0.2) is 71.3 Å². The molecule has 24 heavy (non-hydrogen) atoms. The highest BCUT2D eigenvalue weighted by Crippen LogP contribution is 2.38. The molecule has 0 amide bonds. The molecule has 3 rings (SSSR count). The summed E-state index contributed by atoms with van der Waals surface area (Å²) in [5, 5.41) is 22.9. The summed E-state index contributed by atoms with van der Waals surface area (Å²) < 4.78 is 0. The molecule has 1 aromatic carbocycles. The lowest BCUT2D eigenvalue weighted by molar-refractivity contribution is -0.764. The number of nitro groups is 1. The van der Waals surface area contributed by atoms with Gasteiger partial charge in [-0.3, -0.25) is 15.0 Å². The summed E-state index contributed by atoms with van der Waals surface area (Å²) in [6.07, 6.45) is 6.32. The fourth-order valence-corrected chi connectivity index (χ4v) is 3.52. The Morgan fingerprint density at radius 2 is 1.92 bits per heavy atom. The first kappa shape index (κ1) is 16.2. The zero-order valence-corrected chi connectivity index (χ0v) is 14.0. The quantitative estimate of drug-likeness (QED) is 0.665. The van der Waals surface area contributed by atoms with Gasteiger partial charge in [0, 0.05) is 11.6 Å². The highest BCUT2D eigenvalue weighted by molar-refractivity contribution is 5.53. The van der Waals surface area contributed by atoms with Gasteiger partial charge in [0.05, 0.1) is 23.8 Å². The van der Waals surface area contributed by atoms with E-state index in [1.54, 1.807) is 6.08 Å². The largest absolute Gasteiger partial charge is 0.872 e. The summed E-state index contributed by atoms with van der Waals surface area (Å²) in [7, 11) is 2.08. The van der Waals surface area contributed by atoms with Gasteiger partial charge in [-0.25, -0.2) is 0 Å². The van der Waals surface area contributed by atoms with Crippen molar-refractivity contribution in [2.45, 2.75) is 25.7 Å². The Hall–Kier alpha value is -2.66. The average molecular weight is 324 g/mol. The molecule has 2 aliphatic rings. The monoisotopic (exact) mass is 324 g/mol. The standard InChI is InChI=1S/C19H20N2O3/c1-19(2)15-6-4-5-7-16(15)20(3)18(19)11-8-13-12-14(21(23)24)9-10-17(13)22/h4-11,22H,12H2,1-3H3/b13-8-,18-11-. The van der Waals surface area contributed by atoms with Crippen LogP contribution in [0.4, 0.5) is 5.69 Å². The molecule has 1 aliphatic carbocycles. The van der Waals surface area contributed by atoms with Crippen LogP contribution in [0.5, 0.6) is 0 Å². The number of rotatable bonds is 2. The van der Waals surface area contributed by atoms with Crippen LogP contribution in [-0.2, 0) is 5.41 Å². The van der Waals surface area contributed by atoms with Gasteiger partial charge in [-0.05, 0) is 31.6 Å². The number of para-hydroxylation sites is 1. The first-order chi connectivity index (χ1) is 11.3. The lowest BCUT2D eigenvalue weighted by atomic mass is 9.83. The Balaban J connectivity index is 1.97. The maximum atomic E-state index is 12.0. The third kappa shape index (κ3) is 2.57. The summed E-state index contributed by atoms with van der Waals surface area (Å²) in [6, 6.07) is 8.28. The third-order valence-electron chi connectivity index (χ3n) is 4.88. The van der Waals surface area contributed by atoms with E-state index in [9.17, 15) is 15.2 Å². The minimum Gasteiger partial charge on any atom is -0.872 e. The van der Waals surface area contributed by atoms with E-state index in [0.29, 0.717) is 5.57 Å². The van der Waals surface area contributed by atoms with Gasteiger partial charge in [-0.1, -0.05) is 30.4 Å². The summed E-state index contributed by atoms with van der Waals surface area (Å²) in [6.45, 7) is 4.31. The fourth-order valence-electron chi connectivity index (χ4n) is 3.52. The number of allylic oxidation sites excluding steroid dienone is 7. The van der Waals surface area contributed by atoms with Gasteiger partial charge in [0.2, 0.25) is 0 Å². The van der Waals surface area contributed by atoms with Gasteiger partial charge in [0.1, 0.15) is 11.4 Å². The SMILES string of the molecule is C[NH+]1/C(=C\C=C2\CC([N+](=O)[O-])=CC=C2[O-])C(C)(C)c2ccccc21. The highest BCUT2D eigenvalue weighted by atomic mass is 16.6. The van der Waals surface area contributed by atoms with Crippen LogP contribution in [0.2, 0.25) is 0 Å². The number of likely N-dealkylation sites (N-methyl/N-ethyl adjacent to an activating group) is 1. The van der Waals surface area contributed by atoms with E-state index in [1.807, 2.05) is 18.2 Å². The predicted octanol–water partition coefficient (Wildman–Crippen LogP) is 1.74. The normalized spacial score (nSPS) is 25.4. The maximum absolute atomic E-state index is 12.0. The molecule has 0 fully saturated rings. The second kappa shape index (κ2) is 5.76. The van der Waals surface area contributed by atoms with Crippen LogP contribution < -0.4 is 10.0 Å². The molecule has 0 radical (unpaired) electrons. The van der Waals surface area contributed by atoms with E-state index in [-0.39, 0.29) is 23.3 Å². The minimum atomic E-state index is -0.434. The van der Waals surface area contributed by atoms with Crippen molar-refractivity contribution in [2.24, 2.45) is 0 Å².